The van der Waals surface area contributed by atoms with Gasteiger partial charge < -0.3 is 14.7 Å². The second kappa shape index (κ2) is 10.3. The summed E-state index contributed by atoms with van der Waals surface area (Å²) in [5, 5.41) is 11.1. The van der Waals surface area contributed by atoms with Gasteiger partial charge in [-0.05, 0) is 55.2 Å². The van der Waals surface area contributed by atoms with Crippen LogP contribution >= 0.6 is 0 Å². The lowest BCUT2D eigenvalue weighted by atomic mass is 9.92. The highest BCUT2D eigenvalue weighted by molar-refractivity contribution is 6.46. The number of aliphatic hydroxyl groups is 1. The van der Waals surface area contributed by atoms with Crippen molar-refractivity contribution in [2.75, 3.05) is 13.2 Å². The van der Waals surface area contributed by atoms with Crippen LogP contribution in [0.4, 0.5) is 0 Å². The Morgan fingerprint density at radius 3 is 2.35 bits per heavy atom. The SMILES string of the molecule is CCCCCOc1ccc(/C(O)=C2/C(=O)C(=O)N(CCC)C2c2ccccc2C)cc1. The summed E-state index contributed by atoms with van der Waals surface area (Å²) in [7, 11) is 0. The van der Waals surface area contributed by atoms with Crippen molar-refractivity contribution >= 4 is 17.4 Å². The van der Waals surface area contributed by atoms with Gasteiger partial charge in [0.25, 0.3) is 11.7 Å². The summed E-state index contributed by atoms with van der Waals surface area (Å²) in [6.07, 6.45) is 3.97. The lowest BCUT2D eigenvalue weighted by Crippen LogP contribution is -2.30. The third kappa shape index (κ3) is 4.82. The predicted octanol–water partition coefficient (Wildman–Crippen LogP) is 5.40. The van der Waals surface area contributed by atoms with Crippen LogP contribution in [0, 0.1) is 6.92 Å². The van der Waals surface area contributed by atoms with Crippen molar-refractivity contribution in [1.82, 2.24) is 4.90 Å². The summed E-state index contributed by atoms with van der Waals surface area (Å²) in [6, 6.07) is 14.1. The molecular weight excluding hydrogens is 390 g/mol. The Morgan fingerprint density at radius 2 is 1.71 bits per heavy atom. The van der Waals surface area contributed by atoms with Gasteiger partial charge >= 0.3 is 0 Å². The van der Waals surface area contributed by atoms with Gasteiger partial charge in [0.1, 0.15) is 11.5 Å². The number of carbonyl (C=O) groups excluding carboxylic acids is 2. The Balaban J connectivity index is 1.97. The van der Waals surface area contributed by atoms with Crippen molar-refractivity contribution in [2.24, 2.45) is 0 Å². The minimum Gasteiger partial charge on any atom is -0.507 e. The van der Waals surface area contributed by atoms with Crippen LogP contribution in [0.5, 0.6) is 5.75 Å². The highest BCUT2D eigenvalue weighted by Crippen LogP contribution is 2.40. The molecule has 1 unspecified atom stereocenters. The molecule has 2 aromatic carbocycles. The highest BCUT2D eigenvalue weighted by atomic mass is 16.5. The molecule has 0 spiro atoms. The molecule has 0 radical (unpaired) electrons. The van der Waals surface area contributed by atoms with E-state index in [1.807, 2.05) is 38.1 Å². The van der Waals surface area contributed by atoms with Crippen LogP contribution < -0.4 is 4.74 Å². The Morgan fingerprint density at radius 1 is 1.00 bits per heavy atom. The number of carbonyl (C=O) groups is 2. The Labute approximate surface area is 184 Å². The monoisotopic (exact) mass is 421 g/mol. The third-order valence-corrected chi connectivity index (χ3v) is 5.63. The van der Waals surface area contributed by atoms with E-state index in [4.69, 9.17) is 4.74 Å². The van der Waals surface area contributed by atoms with E-state index in [1.54, 1.807) is 29.2 Å². The number of likely N-dealkylation sites (tertiary alicyclic amines) is 1. The number of amides is 1. The normalized spacial score (nSPS) is 17.9. The zero-order valence-electron chi connectivity index (χ0n) is 18.6. The number of unbranched alkanes of at least 4 members (excludes halogenated alkanes) is 2. The number of hydrogen-bond donors (Lipinski definition) is 1. The number of ketones is 1. The molecule has 31 heavy (non-hydrogen) atoms. The molecule has 164 valence electrons. The van der Waals surface area contributed by atoms with Crippen molar-refractivity contribution < 1.29 is 19.4 Å². The number of aliphatic hydroxyl groups excluding tert-OH is 1. The first-order valence-electron chi connectivity index (χ1n) is 11.1. The first kappa shape index (κ1) is 22.6. The van der Waals surface area contributed by atoms with Gasteiger partial charge in [0.05, 0.1) is 18.2 Å². The van der Waals surface area contributed by atoms with E-state index in [9.17, 15) is 14.7 Å². The lowest BCUT2D eigenvalue weighted by molar-refractivity contribution is -0.139. The van der Waals surface area contributed by atoms with Gasteiger partial charge in [-0.3, -0.25) is 9.59 Å². The molecule has 1 atom stereocenters. The minimum atomic E-state index is -0.640. The summed E-state index contributed by atoms with van der Waals surface area (Å²) in [5.74, 6) is -0.635. The zero-order valence-corrected chi connectivity index (χ0v) is 18.6. The summed E-state index contributed by atoms with van der Waals surface area (Å²) in [4.78, 5) is 27.3. The fourth-order valence-electron chi connectivity index (χ4n) is 3.98. The van der Waals surface area contributed by atoms with Gasteiger partial charge in [0.2, 0.25) is 0 Å². The maximum atomic E-state index is 12.9. The van der Waals surface area contributed by atoms with Crippen molar-refractivity contribution in [2.45, 2.75) is 52.5 Å². The molecular formula is C26H31NO4. The van der Waals surface area contributed by atoms with Crippen LogP contribution in [-0.4, -0.2) is 34.8 Å². The molecule has 5 nitrogen and oxygen atoms in total. The molecule has 0 bridgehead atoms. The van der Waals surface area contributed by atoms with E-state index in [0.717, 1.165) is 42.6 Å². The molecule has 1 aliphatic heterocycles. The molecule has 3 rings (SSSR count). The van der Waals surface area contributed by atoms with Crippen LogP contribution in [0.25, 0.3) is 5.76 Å². The zero-order chi connectivity index (χ0) is 22.4. The minimum absolute atomic E-state index is 0.143. The Kier molecular flexibility index (Phi) is 7.50. The average molecular weight is 422 g/mol. The number of Topliss-reactive ketones (excluding diaryl/α,β-unsaturated/α-hetero) is 1. The van der Waals surface area contributed by atoms with Gasteiger partial charge in [0, 0.05) is 12.1 Å². The molecule has 0 saturated carbocycles. The lowest BCUT2D eigenvalue weighted by Gasteiger charge is -2.26. The number of aryl methyl sites for hydroxylation is 1. The van der Waals surface area contributed by atoms with Gasteiger partial charge in [-0.15, -0.1) is 0 Å². The highest BCUT2D eigenvalue weighted by Gasteiger charge is 2.46. The molecule has 2 aromatic rings. The summed E-state index contributed by atoms with van der Waals surface area (Å²) in [6.45, 7) is 7.16. The third-order valence-electron chi connectivity index (χ3n) is 5.63. The molecule has 1 aliphatic rings. The summed E-state index contributed by atoms with van der Waals surface area (Å²) >= 11 is 0. The number of ether oxygens (including phenoxy) is 1. The standard InChI is InChI=1S/C26H31NO4/c1-4-6-9-17-31-20-14-12-19(13-15-20)24(28)22-23(21-11-8-7-10-18(21)3)27(16-5-2)26(30)25(22)29/h7-8,10-15,23,28H,4-6,9,16-17H2,1-3H3/b24-22-. The number of hydrogen-bond acceptors (Lipinski definition) is 4. The van der Waals surface area contributed by atoms with Crippen LogP contribution in [0.1, 0.15) is 62.3 Å². The number of nitrogens with zero attached hydrogens (tertiary/aromatic N) is 1. The first-order chi connectivity index (χ1) is 15.0. The fourth-order valence-corrected chi connectivity index (χ4v) is 3.98. The molecule has 5 heteroatoms. The van der Waals surface area contributed by atoms with Crippen molar-refractivity contribution in [3.8, 4) is 5.75 Å². The summed E-state index contributed by atoms with van der Waals surface area (Å²) in [5.41, 5.74) is 2.46. The second-order valence-corrected chi connectivity index (χ2v) is 7.93. The van der Waals surface area contributed by atoms with Crippen LogP contribution in [-0.2, 0) is 9.59 Å². The summed E-state index contributed by atoms with van der Waals surface area (Å²) < 4.78 is 5.73. The second-order valence-electron chi connectivity index (χ2n) is 7.93. The van der Waals surface area contributed by atoms with Gasteiger partial charge in [-0.1, -0.05) is 51.0 Å². The molecule has 1 amide bonds. The van der Waals surface area contributed by atoms with Crippen LogP contribution in [0.3, 0.4) is 0 Å². The molecule has 1 heterocycles. The molecule has 0 aliphatic carbocycles. The average Bonchev–Trinajstić information content (AvgIpc) is 3.02. The van der Waals surface area contributed by atoms with Crippen molar-refractivity contribution in [1.29, 1.82) is 0 Å². The van der Waals surface area contributed by atoms with Gasteiger partial charge in [0.15, 0.2) is 0 Å². The number of rotatable bonds is 9. The van der Waals surface area contributed by atoms with Gasteiger partial charge in [-0.2, -0.15) is 0 Å². The van der Waals surface area contributed by atoms with Crippen LogP contribution in [0.15, 0.2) is 54.1 Å². The van der Waals surface area contributed by atoms with Crippen LogP contribution in [0.2, 0.25) is 0 Å². The van der Waals surface area contributed by atoms with E-state index in [0.29, 0.717) is 18.7 Å². The predicted molar refractivity (Wildman–Crippen MR) is 122 cm³/mol. The quantitative estimate of drug-likeness (QED) is 0.255. The van der Waals surface area contributed by atoms with E-state index in [2.05, 4.69) is 6.92 Å². The smallest absolute Gasteiger partial charge is 0.295 e. The molecule has 0 aromatic heterocycles. The molecule has 1 fully saturated rings. The maximum absolute atomic E-state index is 12.9. The van der Waals surface area contributed by atoms with Crippen molar-refractivity contribution in [3.63, 3.8) is 0 Å². The van der Waals surface area contributed by atoms with Gasteiger partial charge in [-0.25, -0.2) is 0 Å². The largest absolute Gasteiger partial charge is 0.507 e. The molecule has 1 N–H and O–H groups in total. The van der Waals surface area contributed by atoms with E-state index in [1.165, 1.54) is 0 Å². The van der Waals surface area contributed by atoms with E-state index in [-0.39, 0.29) is 11.3 Å². The topological polar surface area (TPSA) is 66.8 Å². The van der Waals surface area contributed by atoms with E-state index >= 15 is 0 Å². The molecule has 1 saturated heterocycles. The number of benzene rings is 2. The fraction of sp³-hybridized carbons (Fsp3) is 0.385. The van der Waals surface area contributed by atoms with Crippen molar-refractivity contribution in [3.05, 3.63) is 70.8 Å². The van der Waals surface area contributed by atoms with E-state index < -0.39 is 17.7 Å². The Hall–Kier alpha value is -3.08. The maximum Gasteiger partial charge on any atom is 0.295 e. The first-order valence-corrected chi connectivity index (χ1v) is 11.1. The Bertz CT molecular complexity index is 962.